The molecule has 0 unspecified atom stereocenters. The summed E-state index contributed by atoms with van der Waals surface area (Å²) in [6.45, 7) is 2.14. The number of hydrogen-bond acceptors (Lipinski definition) is 4. The van der Waals surface area contributed by atoms with Crippen LogP contribution in [0.4, 0.5) is 11.4 Å². The first-order valence-electron chi connectivity index (χ1n) is 13.2. The van der Waals surface area contributed by atoms with Gasteiger partial charge in [0.25, 0.3) is 0 Å². The molecule has 5 heteroatoms. The van der Waals surface area contributed by atoms with E-state index < -0.39 is 6.04 Å². The van der Waals surface area contributed by atoms with E-state index in [2.05, 4.69) is 24.4 Å². The minimum atomic E-state index is -0.504. The molecule has 5 nitrogen and oxygen atoms in total. The van der Waals surface area contributed by atoms with E-state index in [1.165, 1.54) is 0 Å². The van der Waals surface area contributed by atoms with Crippen LogP contribution in [0.1, 0.15) is 68.5 Å². The van der Waals surface area contributed by atoms with Gasteiger partial charge >= 0.3 is 0 Å². The molecule has 0 bridgehead atoms. The maximum atomic E-state index is 14.0. The fourth-order valence-electron chi connectivity index (χ4n) is 5.57. The summed E-state index contributed by atoms with van der Waals surface area (Å²) in [6, 6.07) is 25.4. The van der Waals surface area contributed by atoms with E-state index in [1.54, 1.807) is 7.11 Å². The summed E-state index contributed by atoms with van der Waals surface area (Å²) in [4.78, 5) is 29.8. The average Bonchev–Trinajstić information content (AvgIpc) is 3.08. The van der Waals surface area contributed by atoms with Gasteiger partial charge in [0.1, 0.15) is 5.75 Å². The van der Waals surface area contributed by atoms with E-state index in [1.807, 2.05) is 71.6 Å². The Labute approximate surface area is 219 Å². The second kappa shape index (κ2) is 11.0. The first kappa shape index (κ1) is 24.8. The fourth-order valence-corrected chi connectivity index (χ4v) is 5.57. The summed E-state index contributed by atoms with van der Waals surface area (Å²) < 4.78 is 5.40. The molecule has 1 aliphatic carbocycles. The summed E-state index contributed by atoms with van der Waals surface area (Å²) in [5.74, 6) is 0.957. The summed E-state index contributed by atoms with van der Waals surface area (Å²) in [7, 11) is 1.64. The number of amides is 1. The Kier molecular flexibility index (Phi) is 7.40. The molecule has 190 valence electrons. The van der Waals surface area contributed by atoms with Gasteiger partial charge in [0.05, 0.1) is 24.5 Å². The third-order valence-corrected chi connectivity index (χ3v) is 7.45. The van der Waals surface area contributed by atoms with E-state index in [0.717, 1.165) is 53.2 Å². The van der Waals surface area contributed by atoms with Crippen molar-refractivity contribution in [2.24, 2.45) is 0 Å². The SMILES string of the molecule is CCCCCC(=O)N1c2ccccc2NC2=C(C(=O)C[C@@H](c3ccccc3)C2)[C@@H]1c1ccc(OC)cc1. The minimum absolute atomic E-state index is 0.0373. The van der Waals surface area contributed by atoms with Crippen molar-refractivity contribution in [3.63, 3.8) is 0 Å². The highest BCUT2D eigenvalue weighted by Crippen LogP contribution is 2.47. The number of carbonyl (C=O) groups excluding carboxylic acids is 2. The molecule has 5 rings (SSSR count). The Bertz CT molecular complexity index is 1300. The van der Waals surface area contributed by atoms with Crippen molar-refractivity contribution in [3.8, 4) is 5.75 Å². The van der Waals surface area contributed by atoms with Crippen LogP contribution in [-0.2, 0) is 9.59 Å². The second-order valence-corrected chi connectivity index (χ2v) is 9.87. The van der Waals surface area contributed by atoms with Crippen LogP contribution >= 0.6 is 0 Å². The van der Waals surface area contributed by atoms with Crippen LogP contribution in [0.3, 0.4) is 0 Å². The predicted octanol–water partition coefficient (Wildman–Crippen LogP) is 7.18. The minimum Gasteiger partial charge on any atom is -0.497 e. The van der Waals surface area contributed by atoms with E-state index in [0.29, 0.717) is 24.8 Å². The summed E-state index contributed by atoms with van der Waals surface area (Å²) in [5.41, 5.74) is 5.33. The Morgan fingerprint density at radius 3 is 2.38 bits per heavy atom. The molecule has 1 heterocycles. The molecule has 1 aliphatic heterocycles. The highest BCUT2D eigenvalue weighted by Gasteiger charge is 2.41. The molecule has 2 atom stereocenters. The van der Waals surface area contributed by atoms with Gasteiger partial charge in [0.2, 0.25) is 5.91 Å². The topological polar surface area (TPSA) is 58.6 Å². The van der Waals surface area contributed by atoms with E-state index in [-0.39, 0.29) is 17.6 Å². The van der Waals surface area contributed by atoms with Crippen molar-refractivity contribution in [3.05, 3.63) is 101 Å². The largest absolute Gasteiger partial charge is 0.497 e. The van der Waals surface area contributed by atoms with Crippen LogP contribution in [0.2, 0.25) is 0 Å². The Hall–Kier alpha value is -3.86. The molecule has 0 saturated heterocycles. The Balaban J connectivity index is 1.66. The number of nitrogens with one attached hydrogen (secondary N) is 1. The van der Waals surface area contributed by atoms with Crippen molar-refractivity contribution in [1.82, 2.24) is 0 Å². The molecule has 0 spiro atoms. The van der Waals surface area contributed by atoms with E-state index >= 15 is 0 Å². The van der Waals surface area contributed by atoms with Gasteiger partial charge in [-0.3, -0.25) is 14.5 Å². The number of carbonyl (C=O) groups is 2. The fraction of sp³-hybridized carbons (Fsp3) is 0.312. The van der Waals surface area contributed by atoms with Crippen LogP contribution in [0, 0.1) is 0 Å². The average molecular weight is 495 g/mol. The highest BCUT2D eigenvalue weighted by molar-refractivity contribution is 6.06. The molecule has 2 aliphatic rings. The van der Waals surface area contributed by atoms with Gasteiger partial charge in [-0.25, -0.2) is 0 Å². The molecular formula is C32H34N2O3. The van der Waals surface area contributed by atoms with Gasteiger partial charge in [0.15, 0.2) is 5.78 Å². The van der Waals surface area contributed by atoms with Crippen LogP contribution in [0.5, 0.6) is 5.75 Å². The number of hydrogen-bond donors (Lipinski definition) is 1. The normalized spacial score (nSPS) is 19.0. The predicted molar refractivity (Wildman–Crippen MR) is 148 cm³/mol. The second-order valence-electron chi connectivity index (χ2n) is 9.87. The monoisotopic (exact) mass is 494 g/mol. The van der Waals surface area contributed by atoms with Gasteiger partial charge in [-0.1, -0.05) is 74.4 Å². The highest BCUT2D eigenvalue weighted by atomic mass is 16.5. The first-order valence-corrected chi connectivity index (χ1v) is 13.2. The van der Waals surface area contributed by atoms with E-state index in [9.17, 15) is 9.59 Å². The molecule has 1 amide bonds. The number of methoxy groups -OCH3 is 1. The summed E-state index contributed by atoms with van der Waals surface area (Å²) in [5, 5.41) is 3.61. The lowest BCUT2D eigenvalue weighted by atomic mass is 9.78. The first-order chi connectivity index (χ1) is 18.1. The number of anilines is 2. The number of fused-ring (bicyclic) bond motifs is 1. The lowest BCUT2D eigenvalue weighted by molar-refractivity contribution is -0.119. The van der Waals surface area contributed by atoms with Crippen molar-refractivity contribution in [1.29, 1.82) is 0 Å². The number of Topliss-reactive ketones (excluding diaryl/α,β-unsaturated/α-hetero) is 1. The van der Waals surface area contributed by atoms with Crippen molar-refractivity contribution in [2.45, 2.75) is 57.4 Å². The zero-order valence-electron chi connectivity index (χ0n) is 21.6. The molecule has 0 saturated carbocycles. The molecule has 0 aromatic heterocycles. The standard InChI is InChI=1S/C32H34N2O3/c1-3-4-6-15-30(36)34-28-14-10-9-13-26(28)33-27-20-24(22-11-7-5-8-12-22)21-29(35)31(27)32(34)23-16-18-25(37-2)19-17-23/h5,7-14,16-19,24,32-33H,3-4,6,15,20-21H2,1-2H3/t24-,32-/m0/s1. The number of benzene rings is 3. The number of nitrogens with zero attached hydrogens (tertiary/aromatic N) is 1. The van der Waals surface area contributed by atoms with Crippen molar-refractivity contribution in [2.75, 3.05) is 17.3 Å². The van der Waals surface area contributed by atoms with Crippen molar-refractivity contribution < 1.29 is 14.3 Å². The number of unbranched alkanes of at least 4 members (excludes halogenated alkanes) is 2. The Morgan fingerprint density at radius 2 is 1.65 bits per heavy atom. The van der Waals surface area contributed by atoms with Gasteiger partial charge in [-0.15, -0.1) is 0 Å². The van der Waals surface area contributed by atoms with Crippen LogP contribution in [0.25, 0.3) is 0 Å². The molecular weight excluding hydrogens is 460 g/mol. The molecule has 0 fully saturated rings. The van der Waals surface area contributed by atoms with Crippen LogP contribution < -0.4 is 15.0 Å². The molecule has 3 aromatic carbocycles. The molecule has 1 N–H and O–H groups in total. The van der Waals surface area contributed by atoms with Crippen LogP contribution in [-0.4, -0.2) is 18.8 Å². The zero-order valence-corrected chi connectivity index (χ0v) is 21.6. The quantitative estimate of drug-likeness (QED) is 0.354. The maximum Gasteiger partial charge on any atom is 0.227 e. The molecule has 3 aromatic rings. The van der Waals surface area contributed by atoms with Gasteiger partial charge in [-0.05, 0) is 54.2 Å². The van der Waals surface area contributed by atoms with Crippen molar-refractivity contribution >= 4 is 23.1 Å². The number of rotatable bonds is 7. The third kappa shape index (κ3) is 5.04. The molecule has 37 heavy (non-hydrogen) atoms. The molecule has 0 radical (unpaired) electrons. The number of allylic oxidation sites excluding steroid dienone is 1. The number of ether oxygens (including phenoxy) is 1. The van der Waals surface area contributed by atoms with Gasteiger partial charge < -0.3 is 10.1 Å². The summed E-state index contributed by atoms with van der Waals surface area (Å²) >= 11 is 0. The Morgan fingerprint density at radius 1 is 0.919 bits per heavy atom. The van der Waals surface area contributed by atoms with E-state index in [4.69, 9.17) is 4.74 Å². The van der Waals surface area contributed by atoms with Gasteiger partial charge in [-0.2, -0.15) is 0 Å². The number of ketones is 1. The third-order valence-electron chi connectivity index (χ3n) is 7.45. The van der Waals surface area contributed by atoms with Crippen LogP contribution in [0.15, 0.2) is 90.1 Å². The summed E-state index contributed by atoms with van der Waals surface area (Å²) in [6.07, 6.45) is 4.45. The maximum absolute atomic E-state index is 14.0. The number of para-hydroxylation sites is 2. The lowest BCUT2D eigenvalue weighted by Crippen LogP contribution is -2.38. The smallest absolute Gasteiger partial charge is 0.227 e. The van der Waals surface area contributed by atoms with Gasteiger partial charge in [0, 0.05) is 24.1 Å². The lowest BCUT2D eigenvalue weighted by Gasteiger charge is -2.35. The zero-order chi connectivity index (χ0) is 25.8.